The highest BCUT2D eigenvalue weighted by atomic mass is 32.2. The van der Waals surface area contributed by atoms with Crippen LogP contribution in [0.3, 0.4) is 0 Å². The number of benzene rings is 1. The average molecular weight is 395 g/mol. The van der Waals surface area contributed by atoms with Crippen molar-refractivity contribution < 1.29 is 17.9 Å². The van der Waals surface area contributed by atoms with Gasteiger partial charge in [0.25, 0.3) is 0 Å². The van der Waals surface area contributed by atoms with Gasteiger partial charge >= 0.3 is 0 Å². The van der Waals surface area contributed by atoms with Gasteiger partial charge in [0.2, 0.25) is 5.91 Å². The van der Waals surface area contributed by atoms with E-state index in [-0.39, 0.29) is 23.0 Å². The van der Waals surface area contributed by atoms with Gasteiger partial charge in [0.05, 0.1) is 23.5 Å². The molecule has 0 radical (unpaired) electrons. The fraction of sp³-hybridized carbons (Fsp3) is 0.444. The van der Waals surface area contributed by atoms with Gasteiger partial charge in [0, 0.05) is 11.3 Å². The first kappa shape index (κ1) is 18.8. The van der Waals surface area contributed by atoms with Crippen LogP contribution in [0.1, 0.15) is 30.3 Å². The summed E-state index contributed by atoms with van der Waals surface area (Å²) < 4.78 is 29.7. The van der Waals surface area contributed by atoms with Crippen molar-refractivity contribution in [3.05, 3.63) is 34.8 Å². The van der Waals surface area contributed by atoms with Crippen LogP contribution in [0.15, 0.2) is 29.2 Å². The lowest BCUT2D eigenvalue weighted by molar-refractivity contribution is -0.115. The van der Waals surface area contributed by atoms with Crippen molar-refractivity contribution in [3.8, 4) is 5.75 Å². The summed E-state index contributed by atoms with van der Waals surface area (Å²) in [6.45, 7) is 2.21. The zero-order chi connectivity index (χ0) is 18.7. The number of hydrogen-bond acceptors (Lipinski definition) is 6. The van der Waals surface area contributed by atoms with Gasteiger partial charge in [0.15, 0.2) is 15.0 Å². The fourth-order valence-electron chi connectivity index (χ4n) is 2.90. The number of aryl methyl sites for hydroxylation is 1. The second-order valence-electron chi connectivity index (χ2n) is 6.53. The quantitative estimate of drug-likeness (QED) is 0.814. The standard InChI is InChI=1S/C18H22N2O4S2/c1-12-3-8-15-16(11-12)25-18(19-15)20-17(21)9-10-26(22,23)14-6-4-13(24-2)5-7-14/h4-7,12H,3,8-11H2,1-2H3,(H,19,20,21). The number of anilines is 1. The monoisotopic (exact) mass is 394 g/mol. The number of carbonyl (C=O) groups is 1. The van der Waals surface area contributed by atoms with Crippen molar-refractivity contribution in [1.29, 1.82) is 0 Å². The molecule has 1 amide bonds. The predicted molar refractivity (Wildman–Crippen MR) is 102 cm³/mol. The number of sulfone groups is 1. The smallest absolute Gasteiger partial charge is 0.227 e. The van der Waals surface area contributed by atoms with Gasteiger partial charge in [-0.1, -0.05) is 6.92 Å². The zero-order valence-electron chi connectivity index (χ0n) is 14.8. The summed E-state index contributed by atoms with van der Waals surface area (Å²) in [5.41, 5.74) is 1.06. The highest BCUT2D eigenvalue weighted by Gasteiger charge is 2.21. The molecule has 6 nitrogen and oxygen atoms in total. The number of ether oxygens (including phenoxy) is 1. The van der Waals surface area contributed by atoms with Crippen LogP contribution in [0.4, 0.5) is 5.13 Å². The maximum Gasteiger partial charge on any atom is 0.227 e. The molecule has 1 N–H and O–H groups in total. The van der Waals surface area contributed by atoms with Gasteiger partial charge < -0.3 is 10.1 Å². The largest absolute Gasteiger partial charge is 0.497 e. The Labute approximate surface area is 157 Å². The zero-order valence-corrected chi connectivity index (χ0v) is 16.5. The van der Waals surface area contributed by atoms with Gasteiger partial charge in [-0.2, -0.15) is 0 Å². The molecule has 1 aliphatic rings. The van der Waals surface area contributed by atoms with Crippen LogP contribution in [0.25, 0.3) is 0 Å². The van der Waals surface area contributed by atoms with E-state index in [4.69, 9.17) is 4.74 Å². The third-order valence-electron chi connectivity index (χ3n) is 4.45. The van der Waals surface area contributed by atoms with Crippen molar-refractivity contribution in [2.45, 2.75) is 37.5 Å². The molecule has 1 unspecified atom stereocenters. The van der Waals surface area contributed by atoms with E-state index in [0.29, 0.717) is 16.8 Å². The fourth-order valence-corrected chi connectivity index (χ4v) is 5.33. The minimum atomic E-state index is -3.52. The topological polar surface area (TPSA) is 85.4 Å². The minimum absolute atomic E-state index is 0.102. The first-order valence-electron chi connectivity index (χ1n) is 8.52. The van der Waals surface area contributed by atoms with E-state index in [1.165, 1.54) is 35.5 Å². The first-order valence-corrected chi connectivity index (χ1v) is 11.0. The highest BCUT2D eigenvalue weighted by Crippen LogP contribution is 2.32. The molecule has 8 heteroatoms. The average Bonchev–Trinajstić information content (AvgIpc) is 3.01. The highest BCUT2D eigenvalue weighted by molar-refractivity contribution is 7.91. The van der Waals surface area contributed by atoms with Crippen molar-refractivity contribution in [2.24, 2.45) is 5.92 Å². The molecule has 0 spiro atoms. The molecule has 1 aromatic heterocycles. The number of thiazole rings is 1. The molecule has 0 saturated heterocycles. The first-order chi connectivity index (χ1) is 12.4. The van der Waals surface area contributed by atoms with Gasteiger partial charge in [-0.3, -0.25) is 4.79 Å². The van der Waals surface area contributed by atoms with Crippen molar-refractivity contribution in [1.82, 2.24) is 4.98 Å². The van der Waals surface area contributed by atoms with Crippen LogP contribution in [-0.4, -0.2) is 32.2 Å². The Morgan fingerprint density at radius 2 is 2.08 bits per heavy atom. The van der Waals surface area contributed by atoms with E-state index in [9.17, 15) is 13.2 Å². The number of methoxy groups -OCH3 is 1. The Balaban J connectivity index is 1.58. The van der Waals surface area contributed by atoms with Crippen LogP contribution in [-0.2, 0) is 27.5 Å². The van der Waals surface area contributed by atoms with E-state index in [1.807, 2.05) is 0 Å². The van der Waals surface area contributed by atoms with E-state index in [1.54, 1.807) is 12.1 Å². The van der Waals surface area contributed by atoms with E-state index < -0.39 is 9.84 Å². The summed E-state index contributed by atoms with van der Waals surface area (Å²) in [6.07, 6.45) is 2.95. The molecule has 0 aliphatic heterocycles. The van der Waals surface area contributed by atoms with E-state index in [0.717, 1.165) is 25.0 Å². The second kappa shape index (κ2) is 7.75. The minimum Gasteiger partial charge on any atom is -0.497 e. The van der Waals surface area contributed by atoms with Crippen LogP contribution in [0.5, 0.6) is 5.75 Å². The number of rotatable bonds is 6. The Kier molecular flexibility index (Phi) is 5.62. The third-order valence-corrected chi connectivity index (χ3v) is 7.22. The Morgan fingerprint density at radius 3 is 2.77 bits per heavy atom. The van der Waals surface area contributed by atoms with Crippen molar-refractivity contribution in [2.75, 3.05) is 18.2 Å². The molecule has 1 atom stereocenters. The Hall–Kier alpha value is -1.93. The molecule has 1 aromatic carbocycles. The summed E-state index contributed by atoms with van der Waals surface area (Å²) >= 11 is 1.49. The number of nitrogens with zero attached hydrogens (tertiary/aromatic N) is 1. The number of nitrogens with one attached hydrogen (secondary N) is 1. The lowest BCUT2D eigenvalue weighted by atomic mass is 9.93. The van der Waals surface area contributed by atoms with E-state index in [2.05, 4.69) is 17.2 Å². The van der Waals surface area contributed by atoms with Gasteiger partial charge in [-0.05, 0) is 49.4 Å². The summed E-state index contributed by atoms with van der Waals surface area (Å²) in [4.78, 5) is 18.0. The van der Waals surface area contributed by atoms with Gasteiger partial charge in [-0.15, -0.1) is 11.3 Å². The molecule has 0 saturated carbocycles. The van der Waals surface area contributed by atoms with Crippen molar-refractivity contribution >= 4 is 32.2 Å². The number of carbonyl (C=O) groups excluding carboxylic acids is 1. The molecule has 2 aromatic rings. The molecular weight excluding hydrogens is 372 g/mol. The summed E-state index contributed by atoms with van der Waals surface area (Å²) in [5, 5.41) is 3.31. The third kappa shape index (κ3) is 4.42. The molecule has 0 bridgehead atoms. The van der Waals surface area contributed by atoms with Crippen LogP contribution >= 0.6 is 11.3 Å². The summed E-state index contributed by atoms with van der Waals surface area (Å²) in [7, 11) is -2.00. The molecule has 140 valence electrons. The molecule has 26 heavy (non-hydrogen) atoms. The van der Waals surface area contributed by atoms with Crippen LogP contribution in [0.2, 0.25) is 0 Å². The molecule has 3 rings (SSSR count). The lowest BCUT2D eigenvalue weighted by Crippen LogP contribution is -2.17. The molecule has 1 heterocycles. The summed E-state index contributed by atoms with van der Waals surface area (Å²) in [6, 6.07) is 6.16. The summed E-state index contributed by atoms with van der Waals surface area (Å²) in [5.74, 6) is 0.652. The normalized spacial score (nSPS) is 16.8. The maximum atomic E-state index is 12.4. The second-order valence-corrected chi connectivity index (χ2v) is 9.72. The van der Waals surface area contributed by atoms with Gasteiger partial charge in [-0.25, -0.2) is 13.4 Å². The lowest BCUT2D eigenvalue weighted by Gasteiger charge is -2.15. The Morgan fingerprint density at radius 1 is 1.35 bits per heavy atom. The maximum absolute atomic E-state index is 12.4. The van der Waals surface area contributed by atoms with Gasteiger partial charge in [0.1, 0.15) is 5.75 Å². The molecule has 1 aliphatic carbocycles. The number of fused-ring (bicyclic) bond motifs is 1. The van der Waals surface area contributed by atoms with Crippen LogP contribution < -0.4 is 10.1 Å². The Bertz CT molecular complexity index is 888. The SMILES string of the molecule is COc1ccc(S(=O)(=O)CCC(=O)Nc2nc3c(s2)CC(C)CC3)cc1. The predicted octanol–water partition coefficient (Wildman–Crippen LogP) is 3.08. The molecular formula is C18H22N2O4S2. The van der Waals surface area contributed by atoms with Crippen molar-refractivity contribution in [3.63, 3.8) is 0 Å². The molecule has 0 fully saturated rings. The number of hydrogen-bond donors (Lipinski definition) is 1. The van der Waals surface area contributed by atoms with Crippen LogP contribution in [0, 0.1) is 5.92 Å². The number of aromatic nitrogens is 1. The van der Waals surface area contributed by atoms with E-state index >= 15 is 0 Å². The number of amides is 1.